The van der Waals surface area contributed by atoms with Gasteiger partial charge in [0.15, 0.2) is 5.13 Å². The Labute approximate surface area is 157 Å². The number of hydrogen-bond donors (Lipinski definition) is 2. The van der Waals surface area contributed by atoms with Gasteiger partial charge in [-0.3, -0.25) is 9.59 Å². The lowest BCUT2D eigenvalue weighted by Gasteiger charge is -2.04. The number of amides is 2. The molecule has 25 heavy (non-hydrogen) atoms. The van der Waals surface area contributed by atoms with Crippen molar-refractivity contribution in [1.29, 1.82) is 0 Å². The Bertz CT molecular complexity index is 878. The number of benzene rings is 1. The third-order valence-corrected chi connectivity index (χ3v) is 5.08. The topological polar surface area (TPSA) is 71.1 Å². The molecule has 0 fully saturated rings. The molecule has 0 saturated heterocycles. The summed E-state index contributed by atoms with van der Waals surface area (Å²) in [6, 6.07) is 10.8. The average Bonchev–Trinajstić information content (AvgIpc) is 3.19. The summed E-state index contributed by atoms with van der Waals surface area (Å²) in [5.74, 6) is -0.309. The number of aromatic nitrogens is 1. The Balaban J connectivity index is 1.52. The number of hydrogen-bond acceptors (Lipinski definition) is 5. The molecule has 2 amide bonds. The lowest BCUT2D eigenvalue weighted by atomic mass is 10.3. The van der Waals surface area contributed by atoms with Gasteiger partial charge in [-0.05, 0) is 29.6 Å². The number of nitrogens with zero attached hydrogens (tertiary/aromatic N) is 1. The minimum Gasteiger partial charge on any atom is -0.326 e. The highest BCUT2D eigenvalue weighted by Gasteiger charge is 2.11. The van der Waals surface area contributed by atoms with Gasteiger partial charge in [-0.2, -0.15) is 0 Å². The Morgan fingerprint density at radius 1 is 1.04 bits per heavy atom. The highest BCUT2D eigenvalue weighted by atomic mass is 35.5. The van der Waals surface area contributed by atoms with Crippen LogP contribution in [0.15, 0.2) is 47.2 Å². The van der Waals surface area contributed by atoms with Crippen molar-refractivity contribution in [3.8, 4) is 0 Å². The smallest absolute Gasteiger partial charge is 0.231 e. The molecule has 0 bridgehead atoms. The summed E-state index contributed by atoms with van der Waals surface area (Å²) < 4.78 is 0. The fourth-order valence-electron chi connectivity index (χ4n) is 2.12. The molecule has 0 radical (unpaired) electrons. The van der Waals surface area contributed by atoms with Gasteiger partial charge in [0, 0.05) is 21.0 Å². The number of carbonyl (C=O) groups is 2. The standard InChI is InChI=1S/C17H14ClN3O2S2/c18-11-3-1-4-12(7-11)19-15(22)8-13-10-25-17(20-13)21-16(23)9-14-5-2-6-24-14/h1-7,10H,8-9H2,(H,19,22)(H,20,21,23). The molecule has 0 spiro atoms. The van der Waals surface area contributed by atoms with Crippen LogP contribution in [0.4, 0.5) is 10.8 Å². The lowest BCUT2D eigenvalue weighted by molar-refractivity contribution is -0.116. The normalized spacial score (nSPS) is 10.4. The zero-order chi connectivity index (χ0) is 17.6. The monoisotopic (exact) mass is 391 g/mol. The highest BCUT2D eigenvalue weighted by molar-refractivity contribution is 7.14. The third-order valence-electron chi connectivity index (χ3n) is 3.16. The van der Waals surface area contributed by atoms with Crippen LogP contribution in [0.1, 0.15) is 10.6 Å². The van der Waals surface area contributed by atoms with Gasteiger partial charge in [0.05, 0.1) is 18.5 Å². The van der Waals surface area contributed by atoms with E-state index in [-0.39, 0.29) is 18.2 Å². The van der Waals surface area contributed by atoms with Gasteiger partial charge < -0.3 is 10.6 Å². The molecule has 0 aliphatic rings. The molecule has 0 atom stereocenters. The maximum absolute atomic E-state index is 12.1. The van der Waals surface area contributed by atoms with Crippen LogP contribution in [0.3, 0.4) is 0 Å². The number of thiazole rings is 1. The van der Waals surface area contributed by atoms with E-state index in [1.54, 1.807) is 29.6 Å². The molecule has 3 rings (SSSR count). The maximum Gasteiger partial charge on any atom is 0.231 e. The van der Waals surface area contributed by atoms with Crippen LogP contribution in [0.2, 0.25) is 5.02 Å². The van der Waals surface area contributed by atoms with Crippen molar-refractivity contribution in [3.63, 3.8) is 0 Å². The molecular weight excluding hydrogens is 378 g/mol. The number of anilines is 2. The van der Waals surface area contributed by atoms with E-state index >= 15 is 0 Å². The van der Waals surface area contributed by atoms with Crippen LogP contribution in [-0.4, -0.2) is 16.8 Å². The van der Waals surface area contributed by atoms with E-state index in [0.717, 1.165) is 4.88 Å². The van der Waals surface area contributed by atoms with Gasteiger partial charge >= 0.3 is 0 Å². The minimum atomic E-state index is -0.191. The number of carbonyl (C=O) groups excluding carboxylic acids is 2. The van der Waals surface area contributed by atoms with E-state index in [2.05, 4.69) is 15.6 Å². The van der Waals surface area contributed by atoms with Gasteiger partial charge in [-0.15, -0.1) is 22.7 Å². The van der Waals surface area contributed by atoms with Crippen LogP contribution in [0.25, 0.3) is 0 Å². The summed E-state index contributed by atoms with van der Waals surface area (Å²) in [6.45, 7) is 0. The van der Waals surface area contributed by atoms with Crippen LogP contribution < -0.4 is 10.6 Å². The zero-order valence-electron chi connectivity index (χ0n) is 13.0. The number of halogens is 1. The molecule has 3 aromatic rings. The molecule has 2 aromatic heterocycles. The first-order valence-corrected chi connectivity index (χ1v) is 9.54. The van der Waals surface area contributed by atoms with Crippen LogP contribution in [0, 0.1) is 0 Å². The predicted molar refractivity (Wildman–Crippen MR) is 103 cm³/mol. The lowest BCUT2D eigenvalue weighted by Crippen LogP contribution is -2.15. The van der Waals surface area contributed by atoms with Crippen molar-refractivity contribution in [1.82, 2.24) is 4.98 Å². The second kappa shape index (κ2) is 8.24. The van der Waals surface area contributed by atoms with Gasteiger partial charge in [0.1, 0.15) is 0 Å². The second-order valence-corrected chi connectivity index (χ2v) is 7.51. The van der Waals surface area contributed by atoms with E-state index in [4.69, 9.17) is 11.6 Å². The molecule has 0 unspecified atom stereocenters. The van der Waals surface area contributed by atoms with E-state index in [0.29, 0.717) is 28.0 Å². The van der Waals surface area contributed by atoms with Crippen LogP contribution in [0.5, 0.6) is 0 Å². The first-order chi connectivity index (χ1) is 12.1. The van der Waals surface area contributed by atoms with E-state index in [1.807, 2.05) is 17.5 Å². The number of thiophene rings is 1. The van der Waals surface area contributed by atoms with Crippen LogP contribution >= 0.6 is 34.3 Å². The first kappa shape index (κ1) is 17.6. The molecule has 128 valence electrons. The van der Waals surface area contributed by atoms with Crippen molar-refractivity contribution in [2.75, 3.05) is 10.6 Å². The molecule has 0 saturated carbocycles. The summed E-state index contributed by atoms with van der Waals surface area (Å²) in [6.07, 6.45) is 0.450. The predicted octanol–water partition coefficient (Wildman–Crippen LogP) is 4.22. The molecular formula is C17H14ClN3O2S2. The maximum atomic E-state index is 12.1. The summed E-state index contributed by atoms with van der Waals surface area (Å²) in [7, 11) is 0. The van der Waals surface area contributed by atoms with Crippen molar-refractivity contribution in [2.45, 2.75) is 12.8 Å². The number of nitrogens with one attached hydrogen (secondary N) is 2. The minimum absolute atomic E-state index is 0.119. The molecule has 0 aliphatic carbocycles. The summed E-state index contributed by atoms with van der Waals surface area (Å²) in [4.78, 5) is 29.3. The Kier molecular flexibility index (Phi) is 5.80. The van der Waals surface area contributed by atoms with Crippen molar-refractivity contribution >= 4 is 56.9 Å². The van der Waals surface area contributed by atoms with Gasteiger partial charge in [0.25, 0.3) is 0 Å². The third kappa shape index (κ3) is 5.38. The Morgan fingerprint density at radius 2 is 1.88 bits per heavy atom. The van der Waals surface area contributed by atoms with Crippen molar-refractivity contribution in [2.24, 2.45) is 0 Å². The Morgan fingerprint density at radius 3 is 2.64 bits per heavy atom. The van der Waals surface area contributed by atoms with Crippen molar-refractivity contribution in [3.05, 3.63) is 62.8 Å². The Hall–Kier alpha value is -2.22. The summed E-state index contributed by atoms with van der Waals surface area (Å²) >= 11 is 8.73. The molecule has 1 aromatic carbocycles. The molecule has 0 aliphatic heterocycles. The van der Waals surface area contributed by atoms with E-state index in [9.17, 15) is 9.59 Å². The fraction of sp³-hybridized carbons (Fsp3) is 0.118. The fourth-order valence-corrected chi connectivity index (χ4v) is 3.74. The average molecular weight is 392 g/mol. The largest absolute Gasteiger partial charge is 0.326 e. The highest BCUT2D eigenvalue weighted by Crippen LogP contribution is 2.18. The molecule has 8 heteroatoms. The molecule has 5 nitrogen and oxygen atoms in total. The van der Waals surface area contributed by atoms with Crippen molar-refractivity contribution < 1.29 is 9.59 Å². The number of rotatable bonds is 6. The SMILES string of the molecule is O=C(Cc1csc(NC(=O)Cc2cccs2)n1)Nc1cccc(Cl)c1. The first-order valence-electron chi connectivity index (χ1n) is 7.40. The summed E-state index contributed by atoms with van der Waals surface area (Å²) in [5.41, 5.74) is 1.24. The quantitative estimate of drug-likeness (QED) is 0.660. The van der Waals surface area contributed by atoms with Gasteiger partial charge in [-0.1, -0.05) is 23.7 Å². The van der Waals surface area contributed by atoms with Gasteiger partial charge in [0.2, 0.25) is 11.8 Å². The van der Waals surface area contributed by atoms with Gasteiger partial charge in [-0.25, -0.2) is 4.98 Å². The van der Waals surface area contributed by atoms with E-state index < -0.39 is 0 Å². The molecule has 2 heterocycles. The second-order valence-electron chi connectivity index (χ2n) is 5.18. The van der Waals surface area contributed by atoms with Crippen LogP contribution in [-0.2, 0) is 22.4 Å². The molecule has 2 N–H and O–H groups in total. The van der Waals surface area contributed by atoms with E-state index in [1.165, 1.54) is 22.7 Å². The zero-order valence-corrected chi connectivity index (χ0v) is 15.4. The summed E-state index contributed by atoms with van der Waals surface area (Å²) in [5, 5.41) is 10.3.